The molecule has 104 valence electrons. The molecule has 0 saturated heterocycles. The summed E-state index contributed by atoms with van der Waals surface area (Å²) >= 11 is 1.76. The number of methoxy groups -OCH3 is 1. The van der Waals surface area contributed by atoms with Crippen LogP contribution < -0.4 is 10.5 Å². The van der Waals surface area contributed by atoms with Gasteiger partial charge in [0.15, 0.2) is 0 Å². The molecule has 3 aromatic rings. The van der Waals surface area contributed by atoms with Crippen molar-refractivity contribution in [1.29, 1.82) is 0 Å². The van der Waals surface area contributed by atoms with E-state index in [9.17, 15) is 0 Å². The smallest absolute Gasteiger partial charge is 0.201 e. The van der Waals surface area contributed by atoms with Crippen LogP contribution in [0.25, 0.3) is 11.0 Å². The molecule has 0 saturated carbocycles. The average Bonchev–Trinajstić information content (AvgIpc) is 3.03. The predicted octanol–water partition coefficient (Wildman–Crippen LogP) is 3.30. The summed E-state index contributed by atoms with van der Waals surface area (Å²) in [6, 6.07) is 8.01. The van der Waals surface area contributed by atoms with Crippen molar-refractivity contribution in [3.05, 3.63) is 40.1 Å². The number of nitrogens with two attached hydrogens (primary N) is 1. The molecule has 20 heavy (non-hydrogen) atoms. The summed E-state index contributed by atoms with van der Waals surface area (Å²) in [5.41, 5.74) is 9.36. The summed E-state index contributed by atoms with van der Waals surface area (Å²) < 4.78 is 7.33. The van der Waals surface area contributed by atoms with Gasteiger partial charge >= 0.3 is 0 Å². The first kappa shape index (κ1) is 13.0. The van der Waals surface area contributed by atoms with E-state index in [2.05, 4.69) is 23.4 Å². The standard InChI is InChI=1S/C15H17N3OS/c1-3-10-6-7-20-14(10)9-18-13-8-11(19-2)4-5-12(13)17-15(18)16/h4-8H,3,9H2,1-2H3,(H2,16,17). The summed E-state index contributed by atoms with van der Waals surface area (Å²) in [4.78, 5) is 5.75. The summed E-state index contributed by atoms with van der Waals surface area (Å²) in [5.74, 6) is 1.37. The van der Waals surface area contributed by atoms with Crippen LogP contribution in [0.15, 0.2) is 29.6 Å². The Morgan fingerprint density at radius 2 is 2.20 bits per heavy atom. The maximum Gasteiger partial charge on any atom is 0.201 e. The van der Waals surface area contributed by atoms with E-state index in [-0.39, 0.29) is 0 Å². The van der Waals surface area contributed by atoms with E-state index < -0.39 is 0 Å². The van der Waals surface area contributed by atoms with Crippen LogP contribution in [0, 0.1) is 0 Å². The summed E-state index contributed by atoms with van der Waals surface area (Å²) in [5, 5.41) is 2.13. The number of nitrogen functional groups attached to an aromatic ring is 1. The third-order valence-corrected chi connectivity index (χ3v) is 4.45. The van der Waals surface area contributed by atoms with Crippen molar-refractivity contribution in [1.82, 2.24) is 9.55 Å². The first-order valence-electron chi connectivity index (χ1n) is 6.58. The molecule has 0 bridgehead atoms. The lowest BCUT2D eigenvalue weighted by Gasteiger charge is -2.07. The number of fused-ring (bicyclic) bond motifs is 1. The van der Waals surface area contributed by atoms with Crippen molar-refractivity contribution in [2.24, 2.45) is 0 Å². The molecule has 5 heteroatoms. The number of hydrogen-bond acceptors (Lipinski definition) is 4. The first-order valence-corrected chi connectivity index (χ1v) is 7.46. The number of imidazole rings is 1. The minimum absolute atomic E-state index is 0.545. The third kappa shape index (κ3) is 2.14. The van der Waals surface area contributed by atoms with Gasteiger partial charge in [-0.15, -0.1) is 11.3 Å². The molecule has 0 aliphatic carbocycles. The number of thiophene rings is 1. The van der Waals surface area contributed by atoms with Crippen LogP contribution in [0.1, 0.15) is 17.4 Å². The molecule has 1 aromatic carbocycles. The van der Waals surface area contributed by atoms with Gasteiger partial charge in [-0.2, -0.15) is 0 Å². The van der Waals surface area contributed by atoms with Gasteiger partial charge in [0.25, 0.3) is 0 Å². The molecule has 0 radical (unpaired) electrons. The van der Waals surface area contributed by atoms with Crippen LogP contribution in [0.2, 0.25) is 0 Å². The number of benzene rings is 1. The molecular weight excluding hydrogens is 270 g/mol. The topological polar surface area (TPSA) is 53.1 Å². The van der Waals surface area contributed by atoms with E-state index in [1.165, 1.54) is 10.4 Å². The van der Waals surface area contributed by atoms with Gasteiger partial charge in [0.05, 0.1) is 24.7 Å². The van der Waals surface area contributed by atoms with E-state index >= 15 is 0 Å². The fourth-order valence-corrected chi connectivity index (χ4v) is 3.34. The van der Waals surface area contributed by atoms with Crippen molar-refractivity contribution < 1.29 is 4.74 Å². The quantitative estimate of drug-likeness (QED) is 0.801. The largest absolute Gasteiger partial charge is 0.497 e. The second kappa shape index (κ2) is 5.17. The molecule has 4 nitrogen and oxygen atoms in total. The van der Waals surface area contributed by atoms with Crippen LogP contribution in [-0.2, 0) is 13.0 Å². The normalized spacial score (nSPS) is 11.1. The van der Waals surface area contributed by atoms with E-state index in [1.807, 2.05) is 22.8 Å². The lowest BCUT2D eigenvalue weighted by atomic mass is 10.2. The van der Waals surface area contributed by atoms with Gasteiger partial charge in [-0.1, -0.05) is 6.92 Å². The Morgan fingerprint density at radius 1 is 1.35 bits per heavy atom. The van der Waals surface area contributed by atoms with Crippen molar-refractivity contribution in [3.63, 3.8) is 0 Å². The Hall–Kier alpha value is -2.01. The maximum absolute atomic E-state index is 6.07. The zero-order chi connectivity index (χ0) is 14.1. The highest BCUT2D eigenvalue weighted by Crippen LogP contribution is 2.26. The Kier molecular flexibility index (Phi) is 3.36. The van der Waals surface area contributed by atoms with Gasteiger partial charge in [-0.3, -0.25) is 0 Å². The van der Waals surface area contributed by atoms with Crippen LogP contribution in [-0.4, -0.2) is 16.7 Å². The molecule has 0 aliphatic rings. The Bertz CT molecular complexity index is 745. The number of aromatic nitrogens is 2. The average molecular weight is 287 g/mol. The monoisotopic (exact) mass is 287 g/mol. The lowest BCUT2D eigenvalue weighted by molar-refractivity contribution is 0.415. The third-order valence-electron chi connectivity index (χ3n) is 3.51. The zero-order valence-electron chi connectivity index (χ0n) is 11.6. The first-order chi connectivity index (χ1) is 9.72. The number of anilines is 1. The van der Waals surface area contributed by atoms with Crippen molar-refractivity contribution in [2.45, 2.75) is 19.9 Å². The predicted molar refractivity (Wildman–Crippen MR) is 83.5 cm³/mol. The van der Waals surface area contributed by atoms with Gasteiger partial charge in [-0.05, 0) is 35.6 Å². The molecular formula is C15H17N3OS. The Labute approximate surface area is 121 Å². The van der Waals surface area contributed by atoms with E-state index in [1.54, 1.807) is 18.4 Å². The molecule has 3 rings (SSSR count). The summed E-state index contributed by atoms with van der Waals surface area (Å²) in [6.45, 7) is 2.93. The zero-order valence-corrected chi connectivity index (χ0v) is 12.4. The highest BCUT2D eigenvalue weighted by Gasteiger charge is 2.12. The SMILES string of the molecule is CCc1ccsc1Cn1c(N)nc2ccc(OC)cc21. The van der Waals surface area contributed by atoms with E-state index in [4.69, 9.17) is 10.5 Å². The molecule has 2 heterocycles. The van der Waals surface area contributed by atoms with Crippen molar-refractivity contribution >= 4 is 28.3 Å². The number of nitrogens with zero attached hydrogens (tertiary/aromatic N) is 2. The van der Waals surface area contributed by atoms with Crippen LogP contribution in [0.3, 0.4) is 0 Å². The second-order valence-electron chi connectivity index (χ2n) is 4.63. The number of hydrogen-bond donors (Lipinski definition) is 1. The molecule has 0 amide bonds. The van der Waals surface area contributed by atoms with E-state index in [0.29, 0.717) is 5.95 Å². The van der Waals surface area contributed by atoms with Gasteiger partial charge in [0.1, 0.15) is 5.75 Å². The molecule has 2 N–H and O–H groups in total. The molecule has 2 aromatic heterocycles. The highest BCUT2D eigenvalue weighted by molar-refractivity contribution is 7.10. The van der Waals surface area contributed by atoms with Gasteiger partial charge in [-0.25, -0.2) is 4.98 Å². The summed E-state index contributed by atoms with van der Waals surface area (Å²) in [6.07, 6.45) is 1.04. The van der Waals surface area contributed by atoms with Crippen LogP contribution >= 0.6 is 11.3 Å². The fourth-order valence-electron chi connectivity index (χ4n) is 2.38. The fraction of sp³-hybridized carbons (Fsp3) is 0.267. The van der Waals surface area contributed by atoms with Gasteiger partial charge in [0, 0.05) is 10.9 Å². The van der Waals surface area contributed by atoms with Gasteiger partial charge in [0.2, 0.25) is 5.95 Å². The minimum Gasteiger partial charge on any atom is -0.497 e. The minimum atomic E-state index is 0.545. The van der Waals surface area contributed by atoms with Crippen LogP contribution in [0.5, 0.6) is 5.75 Å². The highest BCUT2D eigenvalue weighted by atomic mass is 32.1. The van der Waals surface area contributed by atoms with Crippen LogP contribution in [0.4, 0.5) is 5.95 Å². The maximum atomic E-state index is 6.07. The summed E-state index contributed by atoms with van der Waals surface area (Å²) in [7, 11) is 1.67. The van der Waals surface area contributed by atoms with Crippen molar-refractivity contribution in [2.75, 3.05) is 12.8 Å². The number of ether oxygens (including phenoxy) is 1. The molecule has 0 spiro atoms. The molecule has 0 fully saturated rings. The van der Waals surface area contributed by atoms with Gasteiger partial charge < -0.3 is 15.0 Å². The molecule has 0 aliphatic heterocycles. The van der Waals surface area contributed by atoms with Crippen molar-refractivity contribution in [3.8, 4) is 5.75 Å². The van der Waals surface area contributed by atoms with E-state index in [0.717, 1.165) is 29.7 Å². The molecule has 0 atom stereocenters. The second-order valence-corrected chi connectivity index (χ2v) is 5.63. The Balaban J connectivity index is 2.08. The lowest BCUT2D eigenvalue weighted by Crippen LogP contribution is -2.04. The Morgan fingerprint density at radius 3 is 2.95 bits per heavy atom. The number of aryl methyl sites for hydroxylation is 1. The number of rotatable bonds is 4. The molecule has 0 unspecified atom stereocenters.